The van der Waals surface area contributed by atoms with Gasteiger partial charge in [0.2, 0.25) is 5.91 Å². The van der Waals surface area contributed by atoms with Crippen LogP contribution in [0.3, 0.4) is 0 Å². The van der Waals surface area contributed by atoms with Crippen LogP contribution in [0, 0.1) is 0 Å². The number of thiophene rings is 1. The molecule has 3 rings (SSSR count). The Morgan fingerprint density at radius 1 is 1.45 bits per heavy atom. The molecule has 2 atom stereocenters. The van der Waals surface area contributed by atoms with E-state index in [0.29, 0.717) is 24.9 Å². The summed E-state index contributed by atoms with van der Waals surface area (Å²) in [5.41, 5.74) is 0.0372. The Labute approximate surface area is 172 Å². The van der Waals surface area contributed by atoms with Gasteiger partial charge >= 0.3 is 12.1 Å². The first-order valence-electron chi connectivity index (χ1n) is 9.63. The van der Waals surface area contributed by atoms with E-state index in [9.17, 15) is 18.0 Å². The molecule has 1 aromatic heterocycles. The molecule has 2 aliphatic heterocycles. The molecule has 1 spiro atoms. The lowest BCUT2D eigenvalue weighted by Crippen LogP contribution is -2.62. The van der Waals surface area contributed by atoms with E-state index < -0.39 is 12.1 Å². The molecule has 0 unspecified atom stereocenters. The molecule has 0 radical (unpaired) electrons. The quantitative estimate of drug-likeness (QED) is 0.705. The summed E-state index contributed by atoms with van der Waals surface area (Å²) in [6.07, 6.45) is 1.95. The van der Waals surface area contributed by atoms with E-state index in [-0.39, 0.29) is 5.54 Å². The fourth-order valence-corrected chi connectivity index (χ4v) is 5.27. The van der Waals surface area contributed by atoms with Crippen molar-refractivity contribution in [3.8, 4) is 0 Å². The van der Waals surface area contributed by atoms with Crippen molar-refractivity contribution in [1.29, 1.82) is 0 Å². The highest BCUT2D eigenvalue weighted by molar-refractivity contribution is 7.09. The van der Waals surface area contributed by atoms with Crippen molar-refractivity contribution in [3.63, 3.8) is 0 Å². The average Bonchev–Trinajstić information content (AvgIpc) is 3.26. The molecule has 2 aliphatic rings. The minimum absolute atomic E-state index is 0.0372. The largest absolute Gasteiger partial charge is 0.490 e. The number of alkyl halides is 3. The summed E-state index contributed by atoms with van der Waals surface area (Å²) in [6.45, 7) is 9.00. The summed E-state index contributed by atoms with van der Waals surface area (Å²) in [7, 11) is 0. The van der Waals surface area contributed by atoms with E-state index in [1.165, 1.54) is 11.3 Å². The predicted molar refractivity (Wildman–Crippen MR) is 106 cm³/mol. The zero-order valence-corrected chi connectivity index (χ0v) is 17.3. The number of likely N-dealkylation sites (tertiary alicyclic amines) is 2. The first kappa shape index (κ1) is 23.4. The van der Waals surface area contributed by atoms with Gasteiger partial charge in [0.15, 0.2) is 0 Å². The average molecular weight is 433 g/mol. The maximum absolute atomic E-state index is 12.4. The third kappa shape index (κ3) is 5.39. The Balaban J connectivity index is 0.000000370. The van der Waals surface area contributed by atoms with Crippen LogP contribution in [0.15, 0.2) is 30.2 Å². The van der Waals surface area contributed by atoms with Gasteiger partial charge in [-0.1, -0.05) is 19.1 Å². The molecule has 1 amide bonds. The summed E-state index contributed by atoms with van der Waals surface area (Å²) < 4.78 is 31.7. The molecule has 0 saturated carbocycles. The van der Waals surface area contributed by atoms with Gasteiger partial charge < -0.3 is 10.0 Å². The molecular weight excluding hydrogens is 405 g/mol. The summed E-state index contributed by atoms with van der Waals surface area (Å²) in [5, 5.41) is 9.28. The SMILES string of the molecule is C=CCN1C(=O)CC[C@]12CCCN(Cc1cccs1)[C@H]2CC.O=C(O)C(F)(F)F. The van der Waals surface area contributed by atoms with Crippen LogP contribution >= 0.6 is 11.3 Å². The van der Waals surface area contributed by atoms with Gasteiger partial charge in [-0.05, 0) is 43.7 Å². The highest BCUT2D eigenvalue weighted by atomic mass is 32.1. The van der Waals surface area contributed by atoms with Gasteiger partial charge in [-0.3, -0.25) is 9.69 Å². The van der Waals surface area contributed by atoms with E-state index in [1.807, 2.05) is 17.4 Å². The van der Waals surface area contributed by atoms with Crippen molar-refractivity contribution in [2.75, 3.05) is 13.1 Å². The van der Waals surface area contributed by atoms with Gasteiger partial charge in [-0.15, -0.1) is 17.9 Å². The summed E-state index contributed by atoms with van der Waals surface area (Å²) in [6, 6.07) is 4.82. The fraction of sp³-hybridized carbons (Fsp3) is 0.600. The van der Waals surface area contributed by atoms with Crippen LogP contribution in [-0.2, 0) is 16.1 Å². The van der Waals surface area contributed by atoms with Crippen molar-refractivity contribution in [2.45, 2.75) is 63.3 Å². The molecule has 0 bridgehead atoms. The summed E-state index contributed by atoms with van der Waals surface area (Å²) >= 11 is 1.83. The summed E-state index contributed by atoms with van der Waals surface area (Å²) in [4.78, 5) is 27.5. The predicted octanol–water partition coefficient (Wildman–Crippen LogP) is 4.30. The third-order valence-corrected chi connectivity index (χ3v) is 6.47. The molecule has 5 nitrogen and oxygen atoms in total. The third-order valence-electron chi connectivity index (χ3n) is 5.61. The zero-order chi connectivity index (χ0) is 21.7. The maximum atomic E-state index is 12.4. The van der Waals surface area contributed by atoms with Crippen molar-refractivity contribution in [3.05, 3.63) is 35.0 Å². The van der Waals surface area contributed by atoms with Crippen molar-refractivity contribution in [1.82, 2.24) is 9.80 Å². The number of carbonyl (C=O) groups is 2. The van der Waals surface area contributed by atoms with Gasteiger partial charge in [-0.2, -0.15) is 13.2 Å². The van der Waals surface area contributed by atoms with E-state index in [1.54, 1.807) is 0 Å². The maximum Gasteiger partial charge on any atom is 0.490 e. The van der Waals surface area contributed by atoms with Crippen LogP contribution < -0.4 is 0 Å². The van der Waals surface area contributed by atoms with Crippen LogP contribution in [0.25, 0.3) is 0 Å². The Bertz CT molecular complexity index is 708. The number of aliphatic carboxylic acids is 1. The highest BCUT2D eigenvalue weighted by Gasteiger charge is 2.52. The van der Waals surface area contributed by atoms with Gasteiger partial charge in [0, 0.05) is 30.4 Å². The Morgan fingerprint density at radius 3 is 2.66 bits per heavy atom. The standard InChI is InChI=1S/C18H26N2OS.C2HF3O2/c1-3-11-20-17(21)8-10-18(20)9-6-12-19(16(18)4-2)14-15-7-5-13-22-15;3-2(4,5)1(6)7/h3,5,7,13,16H,1,4,6,8-12,14H2,2H3;(H,6,7)/t16-,18-;/m0./s1. The second kappa shape index (κ2) is 9.75. The lowest BCUT2D eigenvalue weighted by atomic mass is 9.77. The molecule has 2 saturated heterocycles. The summed E-state index contributed by atoms with van der Waals surface area (Å²) in [5.74, 6) is -2.44. The number of carboxylic acids is 1. The van der Waals surface area contributed by atoms with Crippen LogP contribution in [-0.4, -0.2) is 57.6 Å². The minimum Gasteiger partial charge on any atom is -0.475 e. The van der Waals surface area contributed by atoms with Crippen molar-refractivity contribution >= 4 is 23.2 Å². The van der Waals surface area contributed by atoms with Crippen LogP contribution in [0.5, 0.6) is 0 Å². The first-order valence-corrected chi connectivity index (χ1v) is 10.5. The van der Waals surface area contributed by atoms with E-state index in [2.05, 4.69) is 40.8 Å². The zero-order valence-electron chi connectivity index (χ0n) is 16.5. The number of nitrogens with zero attached hydrogens (tertiary/aromatic N) is 2. The van der Waals surface area contributed by atoms with E-state index >= 15 is 0 Å². The minimum atomic E-state index is -5.08. The number of amides is 1. The van der Waals surface area contributed by atoms with Gasteiger partial charge in [0.1, 0.15) is 0 Å². The number of carbonyl (C=O) groups excluding carboxylic acids is 1. The molecular formula is C20H27F3N2O3S. The second-order valence-corrected chi connectivity index (χ2v) is 8.31. The molecule has 0 aromatic carbocycles. The molecule has 9 heteroatoms. The smallest absolute Gasteiger partial charge is 0.475 e. The normalized spacial score (nSPS) is 25.0. The monoisotopic (exact) mass is 432 g/mol. The van der Waals surface area contributed by atoms with Crippen molar-refractivity contribution < 1.29 is 27.9 Å². The van der Waals surface area contributed by atoms with Crippen LogP contribution in [0.4, 0.5) is 13.2 Å². The second-order valence-electron chi connectivity index (χ2n) is 7.28. The Morgan fingerprint density at radius 2 is 2.14 bits per heavy atom. The Kier molecular flexibility index (Phi) is 7.87. The lowest BCUT2D eigenvalue weighted by Gasteiger charge is -2.52. The van der Waals surface area contributed by atoms with Gasteiger partial charge in [-0.25, -0.2) is 4.79 Å². The first-order chi connectivity index (χ1) is 13.7. The molecule has 1 aromatic rings. The molecule has 162 valence electrons. The molecule has 29 heavy (non-hydrogen) atoms. The highest BCUT2D eigenvalue weighted by Crippen LogP contribution is 2.43. The fourth-order valence-electron chi connectivity index (χ4n) is 4.54. The molecule has 2 fully saturated rings. The van der Waals surface area contributed by atoms with Gasteiger partial charge in [0.25, 0.3) is 0 Å². The van der Waals surface area contributed by atoms with Crippen LogP contribution in [0.2, 0.25) is 0 Å². The lowest BCUT2D eigenvalue weighted by molar-refractivity contribution is -0.192. The number of rotatable bonds is 5. The molecule has 1 N–H and O–H groups in total. The number of carboxylic acid groups (broad SMARTS) is 1. The number of piperidine rings is 1. The topological polar surface area (TPSA) is 60.9 Å². The molecule has 0 aliphatic carbocycles. The number of halogens is 3. The van der Waals surface area contributed by atoms with Crippen molar-refractivity contribution in [2.24, 2.45) is 0 Å². The number of hydrogen-bond donors (Lipinski definition) is 1. The Hall–Kier alpha value is -1.87. The van der Waals surface area contributed by atoms with E-state index in [4.69, 9.17) is 9.90 Å². The van der Waals surface area contributed by atoms with Gasteiger partial charge in [0.05, 0.1) is 5.54 Å². The number of hydrogen-bond acceptors (Lipinski definition) is 4. The molecule has 3 heterocycles. The van der Waals surface area contributed by atoms with Crippen LogP contribution in [0.1, 0.15) is 43.9 Å². The van der Waals surface area contributed by atoms with E-state index in [0.717, 1.165) is 32.4 Å².